The van der Waals surface area contributed by atoms with Crippen LogP contribution in [-0.2, 0) is 0 Å². The molecule has 0 saturated carbocycles. The number of nitriles is 1. The van der Waals surface area contributed by atoms with E-state index in [0.29, 0.717) is 0 Å². The van der Waals surface area contributed by atoms with Gasteiger partial charge in [0.15, 0.2) is 6.61 Å². The molecule has 0 radical (unpaired) electrons. The van der Waals surface area contributed by atoms with E-state index in [0.717, 1.165) is 0 Å². The second-order valence-electron chi connectivity index (χ2n) is 4.32. The fourth-order valence-electron chi connectivity index (χ4n) is 1.38. The van der Waals surface area contributed by atoms with Crippen LogP contribution in [-0.4, -0.2) is 42.0 Å². The number of alkyl halides is 2. The predicted molar refractivity (Wildman–Crippen MR) is 72.2 cm³/mol. The first-order chi connectivity index (χ1) is 9.93. The monoisotopic (exact) mass is 298 g/mol. The van der Waals surface area contributed by atoms with Gasteiger partial charge >= 0.3 is 6.03 Å². The molecule has 1 N–H and O–H groups in total. The van der Waals surface area contributed by atoms with Gasteiger partial charge in [-0.25, -0.2) is 13.6 Å². The highest BCUT2D eigenvalue weighted by Gasteiger charge is 2.16. The number of amides is 2. The summed E-state index contributed by atoms with van der Waals surface area (Å²) in [6, 6.07) is 5.73. The van der Waals surface area contributed by atoms with E-state index < -0.39 is 19.1 Å². The average molecular weight is 298 g/mol. The Morgan fingerprint density at radius 1 is 1.57 bits per heavy atom. The Morgan fingerprint density at radius 2 is 2.29 bits per heavy atom. The van der Waals surface area contributed by atoms with Crippen molar-refractivity contribution in [2.24, 2.45) is 0 Å². The van der Waals surface area contributed by atoms with E-state index in [-0.39, 0.29) is 24.2 Å². The van der Waals surface area contributed by atoms with Crippen molar-refractivity contribution in [3.05, 3.63) is 18.2 Å². The van der Waals surface area contributed by atoms with E-state index in [1.807, 2.05) is 6.07 Å². The van der Waals surface area contributed by atoms with Gasteiger partial charge in [-0.3, -0.25) is 5.32 Å². The van der Waals surface area contributed by atoms with Gasteiger partial charge in [0.1, 0.15) is 5.82 Å². The Hall–Kier alpha value is -2.43. The standard InChI is InChI=1S/C13H16F2N4O2/c1-9(6-7-16)19(2)13(20)18-11-4-3-5-12(17-11)21-8-10(14)15/h3-5,9-10H,6,8H2,1-2H3,(H,17,18,20). The van der Waals surface area contributed by atoms with E-state index in [4.69, 9.17) is 10.00 Å². The number of ether oxygens (including phenoxy) is 1. The molecule has 1 rings (SSSR count). The molecule has 1 aromatic heterocycles. The Balaban J connectivity index is 2.64. The highest BCUT2D eigenvalue weighted by molar-refractivity contribution is 5.88. The van der Waals surface area contributed by atoms with Crippen LogP contribution in [0.25, 0.3) is 0 Å². The molecule has 0 bridgehead atoms. The maximum Gasteiger partial charge on any atom is 0.323 e. The van der Waals surface area contributed by atoms with Crippen LogP contribution in [0.15, 0.2) is 18.2 Å². The normalized spacial score (nSPS) is 11.6. The van der Waals surface area contributed by atoms with Crippen LogP contribution in [0.3, 0.4) is 0 Å². The molecule has 1 aromatic rings. The van der Waals surface area contributed by atoms with Crippen LogP contribution in [0.2, 0.25) is 0 Å². The third-order valence-electron chi connectivity index (χ3n) is 2.68. The third-order valence-corrected chi connectivity index (χ3v) is 2.68. The number of rotatable bonds is 6. The Morgan fingerprint density at radius 3 is 2.90 bits per heavy atom. The summed E-state index contributed by atoms with van der Waals surface area (Å²) in [7, 11) is 1.55. The molecule has 0 fully saturated rings. The van der Waals surface area contributed by atoms with Gasteiger partial charge in [0.05, 0.1) is 12.5 Å². The van der Waals surface area contributed by atoms with Gasteiger partial charge in [-0.1, -0.05) is 6.07 Å². The van der Waals surface area contributed by atoms with Crippen molar-refractivity contribution in [3.8, 4) is 11.9 Å². The molecule has 21 heavy (non-hydrogen) atoms. The van der Waals surface area contributed by atoms with Crippen molar-refractivity contribution in [2.75, 3.05) is 19.0 Å². The zero-order valence-corrected chi connectivity index (χ0v) is 11.7. The number of hydrogen-bond donors (Lipinski definition) is 1. The maximum atomic E-state index is 12.0. The van der Waals surface area contributed by atoms with Crippen LogP contribution in [0.4, 0.5) is 19.4 Å². The molecule has 6 nitrogen and oxygen atoms in total. The lowest BCUT2D eigenvalue weighted by molar-refractivity contribution is 0.0796. The number of anilines is 1. The zero-order valence-electron chi connectivity index (χ0n) is 11.7. The average Bonchev–Trinajstić information content (AvgIpc) is 2.45. The number of carbonyl (C=O) groups excluding carboxylic acids is 1. The lowest BCUT2D eigenvalue weighted by Crippen LogP contribution is -2.38. The smallest absolute Gasteiger partial charge is 0.323 e. The largest absolute Gasteiger partial charge is 0.472 e. The topological polar surface area (TPSA) is 78.2 Å². The molecule has 8 heteroatoms. The first-order valence-electron chi connectivity index (χ1n) is 6.22. The van der Waals surface area contributed by atoms with Crippen molar-refractivity contribution in [2.45, 2.75) is 25.8 Å². The van der Waals surface area contributed by atoms with Crippen LogP contribution in [0.5, 0.6) is 5.88 Å². The molecule has 1 atom stereocenters. The number of urea groups is 1. The Labute approximate surface area is 121 Å². The highest BCUT2D eigenvalue weighted by atomic mass is 19.3. The maximum absolute atomic E-state index is 12.0. The Kier molecular flexibility index (Phi) is 6.33. The van der Waals surface area contributed by atoms with Crippen LogP contribution in [0.1, 0.15) is 13.3 Å². The second kappa shape index (κ2) is 7.99. The molecule has 1 heterocycles. The van der Waals surface area contributed by atoms with Gasteiger partial charge in [-0.2, -0.15) is 10.2 Å². The van der Waals surface area contributed by atoms with Gasteiger partial charge in [0, 0.05) is 19.2 Å². The van der Waals surface area contributed by atoms with E-state index in [1.54, 1.807) is 14.0 Å². The highest BCUT2D eigenvalue weighted by Crippen LogP contribution is 2.13. The van der Waals surface area contributed by atoms with Gasteiger partial charge in [-0.05, 0) is 13.0 Å². The van der Waals surface area contributed by atoms with Crippen molar-refractivity contribution in [1.29, 1.82) is 5.26 Å². The van der Waals surface area contributed by atoms with Crippen molar-refractivity contribution in [3.63, 3.8) is 0 Å². The van der Waals surface area contributed by atoms with Gasteiger partial charge in [0.25, 0.3) is 6.43 Å². The van der Waals surface area contributed by atoms with E-state index in [2.05, 4.69) is 10.3 Å². The van der Waals surface area contributed by atoms with Crippen molar-refractivity contribution in [1.82, 2.24) is 9.88 Å². The number of carbonyl (C=O) groups is 1. The van der Waals surface area contributed by atoms with E-state index in [9.17, 15) is 13.6 Å². The molecule has 114 valence electrons. The summed E-state index contributed by atoms with van der Waals surface area (Å²) in [4.78, 5) is 17.2. The summed E-state index contributed by atoms with van der Waals surface area (Å²) < 4.78 is 28.9. The van der Waals surface area contributed by atoms with Crippen molar-refractivity contribution >= 4 is 11.8 Å². The number of nitrogens with zero attached hydrogens (tertiary/aromatic N) is 3. The van der Waals surface area contributed by atoms with Gasteiger partial charge < -0.3 is 9.64 Å². The zero-order chi connectivity index (χ0) is 15.8. The first-order valence-corrected chi connectivity index (χ1v) is 6.22. The SMILES string of the molecule is CC(CC#N)N(C)C(=O)Nc1cccc(OCC(F)F)n1. The molecular weight excluding hydrogens is 282 g/mol. The number of halogens is 2. The molecule has 0 spiro atoms. The fourth-order valence-corrected chi connectivity index (χ4v) is 1.38. The molecule has 0 aliphatic heterocycles. The number of hydrogen-bond acceptors (Lipinski definition) is 4. The van der Waals surface area contributed by atoms with Crippen molar-refractivity contribution < 1.29 is 18.3 Å². The molecule has 0 aliphatic rings. The minimum Gasteiger partial charge on any atom is -0.472 e. The summed E-state index contributed by atoms with van der Waals surface area (Å²) in [5.74, 6) is 0.184. The van der Waals surface area contributed by atoms with Crippen LogP contribution in [0, 0.1) is 11.3 Å². The quantitative estimate of drug-likeness (QED) is 0.875. The molecule has 0 saturated heterocycles. The number of aromatic nitrogens is 1. The number of pyridine rings is 1. The van der Waals surface area contributed by atoms with Gasteiger partial charge in [0.2, 0.25) is 5.88 Å². The molecular formula is C13H16F2N4O2. The second-order valence-corrected chi connectivity index (χ2v) is 4.32. The summed E-state index contributed by atoms with van der Waals surface area (Å²) in [5, 5.41) is 11.1. The van der Waals surface area contributed by atoms with Gasteiger partial charge in [-0.15, -0.1) is 0 Å². The lowest BCUT2D eigenvalue weighted by Gasteiger charge is -2.23. The Bertz CT molecular complexity index is 519. The molecule has 2 amide bonds. The predicted octanol–water partition coefficient (Wildman–Crippen LogP) is 2.49. The first kappa shape index (κ1) is 16.6. The molecule has 1 unspecified atom stereocenters. The summed E-state index contributed by atoms with van der Waals surface area (Å²) in [6.07, 6.45) is -2.39. The van der Waals surface area contributed by atoms with Crippen LogP contribution < -0.4 is 10.1 Å². The summed E-state index contributed by atoms with van der Waals surface area (Å²) in [6.45, 7) is 0.974. The summed E-state index contributed by atoms with van der Waals surface area (Å²) >= 11 is 0. The van der Waals surface area contributed by atoms with E-state index >= 15 is 0 Å². The minimum absolute atomic E-state index is 0.000765. The molecule has 0 aromatic carbocycles. The van der Waals surface area contributed by atoms with E-state index in [1.165, 1.54) is 23.1 Å². The lowest BCUT2D eigenvalue weighted by atomic mass is 10.2. The number of nitrogens with one attached hydrogen (secondary N) is 1. The van der Waals surface area contributed by atoms with Crippen LogP contribution >= 0.6 is 0 Å². The minimum atomic E-state index is -2.59. The molecule has 0 aliphatic carbocycles. The third kappa shape index (κ3) is 5.60. The fraction of sp³-hybridized carbons (Fsp3) is 0.462. The summed E-state index contributed by atoms with van der Waals surface area (Å²) in [5.41, 5.74) is 0.